The summed E-state index contributed by atoms with van der Waals surface area (Å²) in [6.07, 6.45) is 2.81. The van der Waals surface area contributed by atoms with Crippen molar-refractivity contribution in [3.05, 3.63) is 48.0 Å². The average Bonchev–Trinajstić information content (AvgIpc) is 2.60. The molecule has 0 radical (unpaired) electrons. The van der Waals surface area contributed by atoms with Crippen molar-refractivity contribution >= 4 is 28.6 Å². The number of nitrogens with one attached hydrogen (secondary N) is 2. The fourth-order valence-electron chi connectivity index (χ4n) is 2.34. The first-order valence-corrected chi connectivity index (χ1v) is 8.84. The van der Waals surface area contributed by atoms with Gasteiger partial charge in [0.05, 0.1) is 16.8 Å². The third-order valence-electron chi connectivity index (χ3n) is 3.52. The number of carbonyl (C=O) groups excluding carboxylic acids is 1. The molecule has 3 rings (SSSR count). The maximum atomic E-state index is 12.3. The summed E-state index contributed by atoms with van der Waals surface area (Å²) in [5.41, 5.74) is 6.61. The number of nitrogens with zero attached hydrogens (tertiary/aromatic N) is 3. The lowest BCUT2D eigenvalue weighted by Gasteiger charge is -2.27. The van der Waals surface area contributed by atoms with Gasteiger partial charge in [0.25, 0.3) is 5.91 Å². The molecule has 136 valence electrons. The number of nitrogens with two attached hydrogens (primary N) is 1. The van der Waals surface area contributed by atoms with E-state index >= 15 is 0 Å². The molecule has 2 aromatic rings. The number of hydrogen-bond acceptors (Lipinski definition) is 6. The summed E-state index contributed by atoms with van der Waals surface area (Å²) in [6.45, 7) is 3.83. The first-order chi connectivity index (χ1) is 12.4. The fourth-order valence-corrected chi connectivity index (χ4v) is 3.02. The summed E-state index contributed by atoms with van der Waals surface area (Å²) >= 11 is -1.60. The molecule has 0 fully saturated rings. The molecule has 26 heavy (non-hydrogen) atoms. The molecule has 10 heteroatoms. The zero-order valence-corrected chi connectivity index (χ0v) is 15.0. The maximum Gasteiger partial charge on any atom is 0.270 e. The van der Waals surface area contributed by atoms with Crippen LogP contribution in [-0.2, 0) is 11.2 Å². The molecule has 9 nitrogen and oxygen atoms in total. The second kappa shape index (κ2) is 7.08. The van der Waals surface area contributed by atoms with E-state index in [1.807, 2.05) is 13.8 Å². The van der Waals surface area contributed by atoms with Crippen molar-refractivity contribution in [2.75, 3.05) is 11.3 Å². The van der Waals surface area contributed by atoms with Crippen molar-refractivity contribution in [1.29, 1.82) is 0 Å². The molecule has 1 aliphatic rings. The van der Waals surface area contributed by atoms with E-state index < -0.39 is 16.7 Å². The van der Waals surface area contributed by atoms with Crippen LogP contribution in [0.15, 0.2) is 41.2 Å². The third kappa shape index (κ3) is 3.97. The molecule has 1 atom stereocenters. The third-order valence-corrected chi connectivity index (χ3v) is 4.27. The Balaban J connectivity index is 1.71. The number of ether oxygens (including phenoxy) is 1. The van der Waals surface area contributed by atoms with Gasteiger partial charge in [-0.1, -0.05) is 6.07 Å². The Bertz CT molecular complexity index is 885. The second-order valence-corrected chi connectivity index (χ2v) is 7.11. The summed E-state index contributed by atoms with van der Waals surface area (Å²) in [7, 11) is 0. The van der Waals surface area contributed by atoms with E-state index in [0.717, 1.165) is 0 Å². The zero-order valence-electron chi connectivity index (χ0n) is 14.2. The van der Waals surface area contributed by atoms with E-state index in [9.17, 15) is 9.00 Å². The van der Waals surface area contributed by atoms with E-state index in [4.69, 9.17) is 10.5 Å². The van der Waals surface area contributed by atoms with Crippen LogP contribution in [0.25, 0.3) is 0 Å². The van der Waals surface area contributed by atoms with Crippen LogP contribution < -0.4 is 20.5 Å². The molecule has 1 aromatic carbocycles. The first kappa shape index (κ1) is 17.8. The molecule has 1 amide bonds. The SMILES string of the molecule is CC(C)(COc1cccc2c1C(N)=NS(=O)N2)NC(=O)c1ccncn1. The monoisotopic (exact) mass is 374 g/mol. The van der Waals surface area contributed by atoms with E-state index in [1.165, 1.54) is 18.6 Å². The number of amides is 1. The fraction of sp³-hybridized carbons (Fsp3) is 0.250. The van der Waals surface area contributed by atoms with Gasteiger partial charge in [0.1, 0.15) is 30.2 Å². The highest BCUT2D eigenvalue weighted by Gasteiger charge is 2.25. The van der Waals surface area contributed by atoms with Crippen molar-refractivity contribution in [3.63, 3.8) is 0 Å². The van der Waals surface area contributed by atoms with Crippen molar-refractivity contribution in [3.8, 4) is 5.75 Å². The van der Waals surface area contributed by atoms with Gasteiger partial charge in [-0.3, -0.25) is 9.52 Å². The molecule has 4 N–H and O–H groups in total. The zero-order chi connectivity index (χ0) is 18.7. The lowest BCUT2D eigenvalue weighted by Crippen LogP contribution is -2.48. The van der Waals surface area contributed by atoms with Crippen molar-refractivity contribution in [2.24, 2.45) is 10.1 Å². The van der Waals surface area contributed by atoms with Crippen LogP contribution in [0.1, 0.15) is 29.9 Å². The quantitative estimate of drug-likeness (QED) is 0.708. The number of hydrogen-bond donors (Lipinski definition) is 3. The normalized spacial score (nSPS) is 16.1. The Labute approximate surface area is 152 Å². The second-order valence-electron chi connectivity index (χ2n) is 6.23. The number of amidine groups is 1. The van der Waals surface area contributed by atoms with Gasteiger partial charge in [0.2, 0.25) is 11.2 Å². The highest BCUT2D eigenvalue weighted by atomic mass is 32.2. The predicted molar refractivity (Wildman–Crippen MR) is 98.0 cm³/mol. The average molecular weight is 374 g/mol. The van der Waals surface area contributed by atoms with Crippen molar-refractivity contribution in [1.82, 2.24) is 15.3 Å². The van der Waals surface area contributed by atoms with Crippen LogP contribution in [0.2, 0.25) is 0 Å². The topological polar surface area (TPSA) is 132 Å². The van der Waals surface area contributed by atoms with Crippen LogP contribution >= 0.6 is 0 Å². The summed E-state index contributed by atoms with van der Waals surface area (Å²) in [5.74, 6) is 0.294. The van der Waals surface area contributed by atoms with Crippen LogP contribution in [0.4, 0.5) is 5.69 Å². The number of benzene rings is 1. The standard InChI is InChI=1S/C16H18N6O3S/c1-16(2,20-15(23)11-6-7-18-9-19-11)8-25-12-5-3-4-10-13(12)14(17)22-26(24)21-10/h3-7,9,21H,8H2,1-2H3,(H2,17,22)(H,20,23). The van der Waals surface area contributed by atoms with Gasteiger partial charge in [-0.2, -0.15) is 4.40 Å². The molecule has 1 aliphatic heterocycles. The number of carbonyl (C=O) groups is 1. The first-order valence-electron chi connectivity index (χ1n) is 7.73. The summed E-state index contributed by atoms with van der Waals surface area (Å²) in [6, 6.07) is 6.76. The Kier molecular flexibility index (Phi) is 4.85. The van der Waals surface area contributed by atoms with Gasteiger partial charge in [0.15, 0.2) is 0 Å². The summed E-state index contributed by atoms with van der Waals surface area (Å²) < 4.78 is 23.9. The summed E-state index contributed by atoms with van der Waals surface area (Å²) in [4.78, 5) is 20.0. The van der Waals surface area contributed by atoms with Gasteiger partial charge in [-0.15, -0.1) is 0 Å². The maximum absolute atomic E-state index is 12.3. The lowest BCUT2D eigenvalue weighted by molar-refractivity contribution is 0.0875. The van der Waals surface area contributed by atoms with Gasteiger partial charge in [0, 0.05) is 6.20 Å². The molecular formula is C16H18N6O3S. The molecule has 1 aromatic heterocycles. The number of aromatic nitrogens is 2. The van der Waals surface area contributed by atoms with Gasteiger partial charge < -0.3 is 15.8 Å². The molecule has 0 saturated heterocycles. The molecule has 0 bridgehead atoms. The van der Waals surface area contributed by atoms with Crippen LogP contribution in [0.5, 0.6) is 5.75 Å². The van der Waals surface area contributed by atoms with Crippen molar-refractivity contribution in [2.45, 2.75) is 19.4 Å². The minimum Gasteiger partial charge on any atom is -0.490 e. The highest BCUT2D eigenvalue weighted by molar-refractivity contribution is 7.85. The number of fused-ring (bicyclic) bond motifs is 1. The predicted octanol–water partition coefficient (Wildman–Crippen LogP) is 0.773. The molecule has 0 spiro atoms. The molecular weight excluding hydrogens is 356 g/mol. The van der Waals surface area contributed by atoms with Gasteiger partial charge in [-0.25, -0.2) is 14.2 Å². The Morgan fingerprint density at radius 1 is 1.38 bits per heavy atom. The van der Waals surface area contributed by atoms with Gasteiger partial charge in [-0.05, 0) is 32.0 Å². The van der Waals surface area contributed by atoms with Crippen LogP contribution in [0.3, 0.4) is 0 Å². The largest absolute Gasteiger partial charge is 0.490 e. The lowest BCUT2D eigenvalue weighted by atomic mass is 10.1. The Morgan fingerprint density at radius 2 is 2.19 bits per heavy atom. The number of anilines is 1. The minimum absolute atomic E-state index is 0.135. The Hall–Kier alpha value is -3.01. The molecule has 2 heterocycles. The molecule has 1 unspecified atom stereocenters. The van der Waals surface area contributed by atoms with E-state index in [0.29, 0.717) is 17.0 Å². The van der Waals surface area contributed by atoms with E-state index in [-0.39, 0.29) is 24.0 Å². The highest BCUT2D eigenvalue weighted by Crippen LogP contribution is 2.30. The Morgan fingerprint density at radius 3 is 2.92 bits per heavy atom. The van der Waals surface area contributed by atoms with E-state index in [1.54, 1.807) is 18.2 Å². The van der Waals surface area contributed by atoms with Crippen LogP contribution in [0, 0.1) is 0 Å². The number of rotatable bonds is 5. The summed E-state index contributed by atoms with van der Waals surface area (Å²) in [5, 5.41) is 2.86. The molecule has 0 aliphatic carbocycles. The van der Waals surface area contributed by atoms with Crippen molar-refractivity contribution < 1.29 is 13.7 Å². The molecule has 0 saturated carbocycles. The minimum atomic E-state index is -1.60. The van der Waals surface area contributed by atoms with E-state index in [2.05, 4.69) is 24.4 Å². The smallest absolute Gasteiger partial charge is 0.270 e. The van der Waals surface area contributed by atoms with Gasteiger partial charge >= 0.3 is 0 Å². The van der Waals surface area contributed by atoms with Crippen LogP contribution in [-0.4, -0.2) is 38.1 Å².